The van der Waals surface area contributed by atoms with Gasteiger partial charge in [0.1, 0.15) is 0 Å². The lowest BCUT2D eigenvalue weighted by atomic mass is 10.0. The van der Waals surface area contributed by atoms with Crippen LogP contribution >= 0.6 is 0 Å². The van der Waals surface area contributed by atoms with E-state index in [0.29, 0.717) is 6.42 Å². The minimum absolute atomic E-state index is 0.270. The standard InChI is InChI=1S/C12H27N3O/c1-4-11(5-2)10-15(8-9-16-3)7-6-12(13)14/h11H,4-10H2,1-3H3,(H3,13,14). The molecule has 0 bridgehead atoms. The number of rotatable bonds is 10. The first-order valence-electron chi connectivity index (χ1n) is 6.18. The van der Waals surface area contributed by atoms with Crippen molar-refractivity contribution in [1.29, 1.82) is 5.41 Å². The third kappa shape index (κ3) is 7.65. The van der Waals surface area contributed by atoms with Crippen molar-refractivity contribution in [3.8, 4) is 0 Å². The van der Waals surface area contributed by atoms with E-state index in [0.717, 1.165) is 32.2 Å². The van der Waals surface area contributed by atoms with Gasteiger partial charge in [0.15, 0.2) is 0 Å². The average Bonchev–Trinajstić information content (AvgIpc) is 2.28. The molecule has 0 aliphatic heterocycles. The van der Waals surface area contributed by atoms with Gasteiger partial charge in [-0.05, 0) is 5.92 Å². The molecule has 0 aliphatic carbocycles. The minimum Gasteiger partial charge on any atom is -0.388 e. The van der Waals surface area contributed by atoms with Gasteiger partial charge < -0.3 is 15.4 Å². The summed E-state index contributed by atoms with van der Waals surface area (Å²) in [4.78, 5) is 2.35. The Kier molecular flexibility index (Phi) is 9.24. The number of methoxy groups -OCH3 is 1. The second-order valence-corrected chi connectivity index (χ2v) is 4.25. The van der Waals surface area contributed by atoms with Crippen LogP contribution in [-0.2, 0) is 4.74 Å². The predicted molar refractivity (Wildman–Crippen MR) is 68.9 cm³/mol. The molecule has 0 atom stereocenters. The van der Waals surface area contributed by atoms with Gasteiger partial charge in [-0.15, -0.1) is 0 Å². The van der Waals surface area contributed by atoms with Crippen molar-refractivity contribution in [2.75, 3.05) is 33.4 Å². The fourth-order valence-corrected chi connectivity index (χ4v) is 1.71. The molecule has 0 aromatic heterocycles. The van der Waals surface area contributed by atoms with E-state index in [1.807, 2.05) is 0 Å². The maximum atomic E-state index is 7.26. The van der Waals surface area contributed by atoms with Gasteiger partial charge in [-0.25, -0.2) is 0 Å². The van der Waals surface area contributed by atoms with Crippen LogP contribution in [0.25, 0.3) is 0 Å². The molecule has 0 saturated heterocycles. The van der Waals surface area contributed by atoms with Crippen LogP contribution in [0.3, 0.4) is 0 Å². The maximum Gasteiger partial charge on any atom is 0.0918 e. The minimum atomic E-state index is 0.270. The fourth-order valence-electron chi connectivity index (χ4n) is 1.71. The number of ether oxygens (including phenoxy) is 1. The predicted octanol–water partition coefficient (Wildman–Crippen LogP) is 1.70. The summed E-state index contributed by atoms with van der Waals surface area (Å²) in [7, 11) is 1.72. The Morgan fingerprint density at radius 2 is 1.94 bits per heavy atom. The number of nitrogens with one attached hydrogen (secondary N) is 1. The second kappa shape index (κ2) is 9.60. The van der Waals surface area contributed by atoms with E-state index in [2.05, 4.69) is 18.7 Å². The zero-order valence-electron chi connectivity index (χ0n) is 11.0. The Hall–Kier alpha value is -0.610. The van der Waals surface area contributed by atoms with E-state index in [1.165, 1.54) is 12.8 Å². The first-order chi connectivity index (χ1) is 7.63. The van der Waals surface area contributed by atoms with Crippen molar-refractivity contribution < 1.29 is 4.74 Å². The summed E-state index contributed by atoms with van der Waals surface area (Å²) in [5.74, 6) is 1.01. The van der Waals surface area contributed by atoms with Crippen molar-refractivity contribution in [3.63, 3.8) is 0 Å². The summed E-state index contributed by atoms with van der Waals surface area (Å²) >= 11 is 0. The lowest BCUT2D eigenvalue weighted by molar-refractivity contribution is 0.136. The molecule has 0 aromatic rings. The van der Waals surface area contributed by atoms with Crippen molar-refractivity contribution in [3.05, 3.63) is 0 Å². The number of hydrogen-bond acceptors (Lipinski definition) is 3. The zero-order chi connectivity index (χ0) is 12.4. The van der Waals surface area contributed by atoms with Gasteiger partial charge >= 0.3 is 0 Å². The Morgan fingerprint density at radius 1 is 1.31 bits per heavy atom. The van der Waals surface area contributed by atoms with E-state index in [9.17, 15) is 0 Å². The van der Waals surface area contributed by atoms with Gasteiger partial charge in [0.05, 0.1) is 12.4 Å². The Labute approximate surface area is 99.7 Å². The van der Waals surface area contributed by atoms with Gasteiger partial charge in [0, 0.05) is 33.2 Å². The average molecular weight is 229 g/mol. The Balaban J connectivity index is 4.01. The highest BCUT2D eigenvalue weighted by Gasteiger charge is 2.11. The lowest BCUT2D eigenvalue weighted by Gasteiger charge is -2.26. The number of hydrogen-bond donors (Lipinski definition) is 2. The molecule has 0 saturated carbocycles. The van der Waals surface area contributed by atoms with Gasteiger partial charge in [0.25, 0.3) is 0 Å². The van der Waals surface area contributed by atoms with E-state index < -0.39 is 0 Å². The quantitative estimate of drug-likeness (QED) is 0.443. The SMILES string of the molecule is CCC(CC)CN(CCOC)CCC(=N)N. The molecule has 0 aromatic carbocycles. The third-order valence-electron chi connectivity index (χ3n) is 2.98. The molecule has 0 unspecified atom stereocenters. The molecule has 4 heteroatoms. The van der Waals surface area contributed by atoms with Crippen LogP contribution in [0.5, 0.6) is 0 Å². The molecular formula is C12H27N3O. The first-order valence-corrected chi connectivity index (χ1v) is 6.18. The van der Waals surface area contributed by atoms with E-state index in [1.54, 1.807) is 7.11 Å². The molecular weight excluding hydrogens is 202 g/mol. The zero-order valence-corrected chi connectivity index (χ0v) is 11.0. The van der Waals surface area contributed by atoms with Crippen LogP contribution in [-0.4, -0.2) is 44.1 Å². The molecule has 0 radical (unpaired) electrons. The van der Waals surface area contributed by atoms with Crippen LogP contribution in [0.15, 0.2) is 0 Å². The largest absolute Gasteiger partial charge is 0.388 e. The smallest absolute Gasteiger partial charge is 0.0918 e. The van der Waals surface area contributed by atoms with Crippen molar-refractivity contribution in [1.82, 2.24) is 4.90 Å². The van der Waals surface area contributed by atoms with Gasteiger partial charge in [-0.2, -0.15) is 0 Å². The summed E-state index contributed by atoms with van der Waals surface area (Å²) in [6, 6.07) is 0. The summed E-state index contributed by atoms with van der Waals surface area (Å²) < 4.78 is 5.10. The molecule has 0 aliphatic rings. The van der Waals surface area contributed by atoms with Gasteiger partial charge in [-0.1, -0.05) is 26.7 Å². The molecule has 3 N–H and O–H groups in total. The normalized spacial score (nSPS) is 11.3. The molecule has 16 heavy (non-hydrogen) atoms. The topological polar surface area (TPSA) is 62.3 Å². The van der Waals surface area contributed by atoms with Crippen LogP contribution in [0, 0.1) is 11.3 Å². The van der Waals surface area contributed by atoms with Crippen molar-refractivity contribution in [2.45, 2.75) is 33.1 Å². The Bertz CT molecular complexity index is 181. The van der Waals surface area contributed by atoms with Gasteiger partial charge in [0.2, 0.25) is 0 Å². The summed E-state index contributed by atoms with van der Waals surface area (Å²) in [5.41, 5.74) is 5.39. The fraction of sp³-hybridized carbons (Fsp3) is 0.917. The molecule has 0 amide bonds. The van der Waals surface area contributed by atoms with Gasteiger partial charge in [-0.3, -0.25) is 5.41 Å². The first kappa shape index (κ1) is 15.4. The summed E-state index contributed by atoms with van der Waals surface area (Å²) in [6.45, 7) is 8.10. The van der Waals surface area contributed by atoms with E-state index in [-0.39, 0.29) is 5.84 Å². The van der Waals surface area contributed by atoms with Crippen LogP contribution in [0.2, 0.25) is 0 Å². The van der Waals surface area contributed by atoms with Crippen LogP contribution in [0.4, 0.5) is 0 Å². The summed E-state index contributed by atoms with van der Waals surface area (Å²) in [6.07, 6.45) is 3.07. The van der Waals surface area contributed by atoms with E-state index in [4.69, 9.17) is 15.9 Å². The highest BCUT2D eigenvalue weighted by Crippen LogP contribution is 2.10. The molecule has 0 spiro atoms. The molecule has 4 nitrogen and oxygen atoms in total. The van der Waals surface area contributed by atoms with Crippen molar-refractivity contribution >= 4 is 5.84 Å². The maximum absolute atomic E-state index is 7.26. The van der Waals surface area contributed by atoms with Crippen LogP contribution in [0.1, 0.15) is 33.1 Å². The second-order valence-electron chi connectivity index (χ2n) is 4.25. The van der Waals surface area contributed by atoms with Crippen molar-refractivity contribution in [2.24, 2.45) is 11.7 Å². The Morgan fingerprint density at radius 3 is 2.38 bits per heavy atom. The number of nitrogens with two attached hydrogens (primary N) is 1. The number of amidine groups is 1. The highest BCUT2D eigenvalue weighted by molar-refractivity contribution is 5.76. The lowest BCUT2D eigenvalue weighted by Crippen LogP contribution is -2.34. The molecule has 0 rings (SSSR count). The highest BCUT2D eigenvalue weighted by atomic mass is 16.5. The monoisotopic (exact) mass is 229 g/mol. The number of nitrogens with zero attached hydrogens (tertiary/aromatic N) is 1. The van der Waals surface area contributed by atoms with Crippen LogP contribution < -0.4 is 5.73 Å². The van der Waals surface area contributed by atoms with E-state index >= 15 is 0 Å². The molecule has 0 heterocycles. The molecule has 0 fully saturated rings. The summed E-state index contributed by atoms with van der Waals surface area (Å²) in [5, 5.41) is 7.26. The third-order valence-corrected chi connectivity index (χ3v) is 2.98. The molecule has 96 valence electrons.